The molecule has 0 aromatic rings. The molecule has 0 aromatic carbocycles. The van der Waals surface area contributed by atoms with Crippen molar-refractivity contribution in [2.45, 2.75) is 44.2 Å². The number of nitrogens with zero attached hydrogens (tertiary/aromatic N) is 1. The minimum Gasteiger partial charge on any atom is -0.381 e. The van der Waals surface area contributed by atoms with Crippen molar-refractivity contribution in [2.24, 2.45) is 4.99 Å². The molecule has 2 N–H and O–H groups in total. The van der Waals surface area contributed by atoms with Gasteiger partial charge in [-0.15, -0.1) is 24.0 Å². The second-order valence-corrected chi connectivity index (χ2v) is 6.74. The van der Waals surface area contributed by atoms with Crippen LogP contribution in [0.2, 0.25) is 0 Å². The van der Waals surface area contributed by atoms with Gasteiger partial charge in [-0.05, 0) is 37.9 Å². The number of thioether (sulfide) groups is 1. The van der Waals surface area contributed by atoms with E-state index >= 15 is 0 Å². The normalized spacial score (nSPS) is 23.7. The Balaban J connectivity index is 0.00000242. The third-order valence-corrected chi connectivity index (χ3v) is 5.08. The van der Waals surface area contributed by atoms with Gasteiger partial charge in [-0.3, -0.25) is 4.99 Å². The Kier molecular flexibility index (Phi) is 11.7. The van der Waals surface area contributed by atoms with Crippen LogP contribution in [0.1, 0.15) is 32.1 Å². The third-order valence-electron chi connectivity index (χ3n) is 3.86. The van der Waals surface area contributed by atoms with Gasteiger partial charge in [0, 0.05) is 45.2 Å². The highest BCUT2D eigenvalue weighted by molar-refractivity contribution is 14.0. The van der Waals surface area contributed by atoms with Crippen molar-refractivity contribution < 1.29 is 9.47 Å². The molecule has 0 bridgehead atoms. The summed E-state index contributed by atoms with van der Waals surface area (Å²) in [5.74, 6) is 3.41. The van der Waals surface area contributed by atoms with E-state index in [0.717, 1.165) is 51.6 Å². The summed E-state index contributed by atoms with van der Waals surface area (Å²) < 4.78 is 11.2. The molecule has 0 aromatic heterocycles. The van der Waals surface area contributed by atoms with E-state index in [0.29, 0.717) is 12.1 Å². The molecule has 130 valence electrons. The first kappa shape index (κ1) is 20.3. The molecule has 7 heteroatoms. The second kappa shape index (κ2) is 12.7. The number of hydrogen-bond donors (Lipinski definition) is 2. The second-order valence-electron chi connectivity index (χ2n) is 5.59. The lowest BCUT2D eigenvalue weighted by Gasteiger charge is -2.25. The minimum atomic E-state index is 0. The van der Waals surface area contributed by atoms with Gasteiger partial charge in [0.15, 0.2) is 5.96 Å². The van der Waals surface area contributed by atoms with Crippen molar-refractivity contribution in [1.29, 1.82) is 0 Å². The average molecular weight is 443 g/mol. The van der Waals surface area contributed by atoms with Gasteiger partial charge in [0.1, 0.15) is 0 Å². The molecule has 2 heterocycles. The fraction of sp³-hybridized carbons (Fsp3) is 0.933. The molecule has 5 nitrogen and oxygen atoms in total. The largest absolute Gasteiger partial charge is 0.381 e. The maximum absolute atomic E-state index is 5.86. The first-order valence-corrected chi connectivity index (χ1v) is 9.28. The van der Waals surface area contributed by atoms with Gasteiger partial charge in [-0.2, -0.15) is 11.8 Å². The molecule has 1 unspecified atom stereocenters. The number of rotatable bonds is 6. The Labute approximate surface area is 155 Å². The Hall–Kier alpha value is 0.270. The highest BCUT2D eigenvalue weighted by atomic mass is 127. The van der Waals surface area contributed by atoms with Gasteiger partial charge in [0.05, 0.1) is 6.10 Å². The predicted molar refractivity (Wildman–Crippen MR) is 105 cm³/mol. The molecule has 2 aliphatic rings. The zero-order valence-corrected chi connectivity index (χ0v) is 16.7. The molecular weight excluding hydrogens is 413 g/mol. The summed E-state index contributed by atoms with van der Waals surface area (Å²) in [7, 11) is 1.84. The molecule has 1 atom stereocenters. The highest BCUT2D eigenvalue weighted by Crippen LogP contribution is 2.16. The summed E-state index contributed by atoms with van der Waals surface area (Å²) in [6.07, 6.45) is 6.04. The smallest absolute Gasteiger partial charge is 0.191 e. The van der Waals surface area contributed by atoms with Gasteiger partial charge in [0.2, 0.25) is 0 Å². The monoisotopic (exact) mass is 443 g/mol. The molecule has 0 amide bonds. The minimum absolute atomic E-state index is 0. The lowest BCUT2D eigenvalue weighted by Crippen LogP contribution is -2.45. The van der Waals surface area contributed by atoms with E-state index in [-0.39, 0.29) is 24.0 Å². The van der Waals surface area contributed by atoms with Crippen molar-refractivity contribution >= 4 is 41.7 Å². The quantitative estimate of drug-likeness (QED) is 0.286. The molecule has 2 saturated heterocycles. The third kappa shape index (κ3) is 8.21. The Morgan fingerprint density at radius 2 is 2.14 bits per heavy atom. The number of halogens is 1. The number of aliphatic imine (C=N–C) groups is 1. The number of ether oxygens (including phenoxy) is 2. The molecule has 0 spiro atoms. The van der Waals surface area contributed by atoms with Gasteiger partial charge in [0.25, 0.3) is 0 Å². The fourth-order valence-corrected chi connectivity index (χ4v) is 3.69. The molecule has 0 radical (unpaired) electrons. The summed E-state index contributed by atoms with van der Waals surface area (Å²) in [6.45, 7) is 3.41. The van der Waals surface area contributed by atoms with E-state index in [1.54, 1.807) is 0 Å². The van der Waals surface area contributed by atoms with Crippen LogP contribution in [0.3, 0.4) is 0 Å². The summed E-state index contributed by atoms with van der Waals surface area (Å²) >= 11 is 2.03. The standard InChI is InChI=1S/C15H29N3O2S.HI/c1-16-15(18-13-4-2-11-21-12-13)17-7-3-8-20-14-5-9-19-10-6-14;/h13-14H,2-12H2,1H3,(H2,16,17,18);1H. The SMILES string of the molecule is CN=C(NCCCOC1CCOCC1)NC1CCCSC1.I. The topological polar surface area (TPSA) is 54.9 Å². The van der Waals surface area contributed by atoms with Crippen molar-refractivity contribution in [3.63, 3.8) is 0 Å². The number of hydrogen-bond acceptors (Lipinski definition) is 4. The lowest BCUT2D eigenvalue weighted by molar-refractivity contribution is -0.0320. The van der Waals surface area contributed by atoms with Crippen LogP contribution >= 0.6 is 35.7 Å². The van der Waals surface area contributed by atoms with Crippen LogP contribution in [0.25, 0.3) is 0 Å². The van der Waals surface area contributed by atoms with Crippen LogP contribution in [-0.2, 0) is 9.47 Å². The molecule has 2 aliphatic heterocycles. The van der Waals surface area contributed by atoms with Gasteiger partial charge in [-0.25, -0.2) is 0 Å². The van der Waals surface area contributed by atoms with Crippen LogP contribution in [0, 0.1) is 0 Å². The van der Waals surface area contributed by atoms with Crippen LogP contribution in [0.5, 0.6) is 0 Å². The van der Waals surface area contributed by atoms with Crippen LogP contribution < -0.4 is 10.6 Å². The van der Waals surface area contributed by atoms with Crippen molar-refractivity contribution in [1.82, 2.24) is 10.6 Å². The molecule has 0 aliphatic carbocycles. The summed E-state index contributed by atoms with van der Waals surface area (Å²) in [6, 6.07) is 0.563. The zero-order chi connectivity index (χ0) is 14.8. The van der Waals surface area contributed by atoms with E-state index in [1.807, 2.05) is 18.8 Å². The molecule has 22 heavy (non-hydrogen) atoms. The van der Waals surface area contributed by atoms with Gasteiger partial charge < -0.3 is 20.1 Å². The van der Waals surface area contributed by atoms with Crippen molar-refractivity contribution in [3.05, 3.63) is 0 Å². The van der Waals surface area contributed by atoms with Crippen LogP contribution in [0.4, 0.5) is 0 Å². The fourth-order valence-electron chi connectivity index (χ4n) is 2.61. The number of guanidine groups is 1. The highest BCUT2D eigenvalue weighted by Gasteiger charge is 2.15. The Bertz CT molecular complexity index is 309. The maximum Gasteiger partial charge on any atom is 0.191 e. The van der Waals surface area contributed by atoms with Gasteiger partial charge >= 0.3 is 0 Å². The first-order valence-electron chi connectivity index (χ1n) is 8.13. The molecule has 0 saturated carbocycles. The Morgan fingerprint density at radius 1 is 1.32 bits per heavy atom. The zero-order valence-electron chi connectivity index (χ0n) is 13.5. The van der Waals surface area contributed by atoms with E-state index < -0.39 is 0 Å². The molecular formula is C15H30IN3O2S. The Morgan fingerprint density at radius 3 is 2.82 bits per heavy atom. The summed E-state index contributed by atoms with van der Waals surface area (Å²) in [5, 5.41) is 6.89. The summed E-state index contributed by atoms with van der Waals surface area (Å²) in [4.78, 5) is 4.30. The van der Waals surface area contributed by atoms with E-state index in [2.05, 4.69) is 15.6 Å². The van der Waals surface area contributed by atoms with Crippen LogP contribution in [0.15, 0.2) is 4.99 Å². The molecule has 2 fully saturated rings. The van der Waals surface area contributed by atoms with E-state index in [9.17, 15) is 0 Å². The first-order chi connectivity index (χ1) is 10.4. The average Bonchev–Trinajstić information content (AvgIpc) is 2.55. The number of nitrogens with one attached hydrogen (secondary N) is 2. The van der Waals surface area contributed by atoms with Crippen molar-refractivity contribution in [3.8, 4) is 0 Å². The van der Waals surface area contributed by atoms with Crippen LogP contribution in [-0.4, -0.2) is 63.0 Å². The molecule has 2 rings (SSSR count). The van der Waals surface area contributed by atoms with E-state index in [4.69, 9.17) is 9.47 Å². The summed E-state index contributed by atoms with van der Waals surface area (Å²) in [5.41, 5.74) is 0. The lowest BCUT2D eigenvalue weighted by atomic mass is 10.1. The van der Waals surface area contributed by atoms with Gasteiger partial charge in [-0.1, -0.05) is 0 Å². The maximum atomic E-state index is 5.86. The van der Waals surface area contributed by atoms with E-state index in [1.165, 1.54) is 24.3 Å². The van der Waals surface area contributed by atoms with Crippen molar-refractivity contribution in [2.75, 3.05) is 44.9 Å². The predicted octanol–water partition coefficient (Wildman–Crippen LogP) is 2.25.